The number of thiophene rings is 1. The molecule has 3 rings (SSSR count). The fourth-order valence-electron chi connectivity index (χ4n) is 2.45. The number of nitrogens with one attached hydrogen (secondary N) is 2. The molecular weight excluding hydrogens is 379 g/mol. The van der Waals surface area contributed by atoms with Gasteiger partial charge in [0, 0.05) is 22.5 Å². The van der Waals surface area contributed by atoms with Crippen molar-refractivity contribution in [2.75, 3.05) is 11.9 Å². The van der Waals surface area contributed by atoms with Crippen molar-refractivity contribution >= 4 is 51.4 Å². The Morgan fingerprint density at radius 1 is 1.24 bits per heavy atom. The number of benzene rings is 1. The first kappa shape index (κ1) is 18.2. The maximum absolute atomic E-state index is 12.4. The van der Waals surface area contributed by atoms with E-state index in [0.717, 1.165) is 29.0 Å². The summed E-state index contributed by atoms with van der Waals surface area (Å²) >= 11 is 13.3. The van der Waals surface area contributed by atoms with Gasteiger partial charge < -0.3 is 10.6 Å². The van der Waals surface area contributed by atoms with Crippen molar-refractivity contribution in [3.63, 3.8) is 0 Å². The highest BCUT2D eigenvalue weighted by molar-refractivity contribution is 7.18. The molecule has 0 saturated heterocycles. The second kappa shape index (κ2) is 7.77. The van der Waals surface area contributed by atoms with Crippen LogP contribution < -0.4 is 10.6 Å². The van der Waals surface area contributed by atoms with Crippen LogP contribution in [0.3, 0.4) is 0 Å². The molecule has 2 aromatic rings. The van der Waals surface area contributed by atoms with Crippen molar-refractivity contribution in [3.05, 3.63) is 50.3 Å². The first-order valence-electron chi connectivity index (χ1n) is 8.07. The number of rotatable bonds is 6. The SMILES string of the molecule is Cc1cc(NC(=O)C2CC2)sc1C(=O)NCCc1ccc(Cl)cc1Cl. The summed E-state index contributed by atoms with van der Waals surface area (Å²) < 4.78 is 0. The van der Waals surface area contributed by atoms with Crippen LogP contribution in [0, 0.1) is 12.8 Å². The molecule has 0 radical (unpaired) electrons. The molecule has 1 heterocycles. The molecule has 0 aliphatic heterocycles. The smallest absolute Gasteiger partial charge is 0.261 e. The Morgan fingerprint density at radius 3 is 2.68 bits per heavy atom. The molecule has 4 nitrogen and oxygen atoms in total. The van der Waals surface area contributed by atoms with Gasteiger partial charge in [0.25, 0.3) is 5.91 Å². The van der Waals surface area contributed by atoms with Crippen molar-refractivity contribution in [1.82, 2.24) is 5.32 Å². The fraction of sp³-hybridized carbons (Fsp3) is 0.333. The Morgan fingerprint density at radius 2 is 2.00 bits per heavy atom. The first-order valence-corrected chi connectivity index (χ1v) is 9.64. The Labute approximate surface area is 160 Å². The molecule has 2 N–H and O–H groups in total. The van der Waals surface area contributed by atoms with Crippen LogP contribution >= 0.6 is 34.5 Å². The van der Waals surface area contributed by atoms with E-state index in [1.807, 2.05) is 19.1 Å². The zero-order valence-corrected chi connectivity index (χ0v) is 16.0. The third-order valence-corrected chi connectivity index (χ3v) is 5.75. The van der Waals surface area contributed by atoms with Crippen LogP contribution in [0.25, 0.3) is 0 Å². The van der Waals surface area contributed by atoms with Gasteiger partial charge in [-0.15, -0.1) is 11.3 Å². The predicted molar refractivity (Wildman–Crippen MR) is 103 cm³/mol. The van der Waals surface area contributed by atoms with Crippen LogP contribution in [0.15, 0.2) is 24.3 Å². The van der Waals surface area contributed by atoms with Gasteiger partial charge in [-0.3, -0.25) is 9.59 Å². The molecule has 1 saturated carbocycles. The van der Waals surface area contributed by atoms with E-state index < -0.39 is 0 Å². The molecule has 1 aliphatic rings. The predicted octanol–water partition coefficient (Wildman–Crippen LogP) is 4.68. The summed E-state index contributed by atoms with van der Waals surface area (Å²) in [6, 6.07) is 7.18. The minimum atomic E-state index is -0.139. The largest absolute Gasteiger partial charge is 0.351 e. The summed E-state index contributed by atoms with van der Waals surface area (Å²) in [4.78, 5) is 24.8. The van der Waals surface area contributed by atoms with Gasteiger partial charge in [0.05, 0.1) is 9.88 Å². The van der Waals surface area contributed by atoms with Crippen molar-refractivity contribution in [1.29, 1.82) is 0 Å². The lowest BCUT2D eigenvalue weighted by Crippen LogP contribution is -2.25. The number of amides is 2. The third-order valence-electron chi connectivity index (χ3n) is 4.01. The molecule has 132 valence electrons. The molecular formula is C18H18Cl2N2O2S. The van der Waals surface area contributed by atoms with Gasteiger partial charge in [-0.25, -0.2) is 0 Å². The van der Waals surface area contributed by atoms with Crippen LogP contribution in [0.4, 0.5) is 5.00 Å². The zero-order chi connectivity index (χ0) is 18.0. The van der Waals surface area contributed by atoms with E-state index in [9.17, 15) is 9.59 Å². The first-order chi connectivity index (χ1) is 11.9. The lowest BCUT2D eigenvalue weighted by atomic mass is 10.1. The second-order valence-electron chi connectivity index (χ2n) is 6.13. The molecule has 25 heavy (non-hydrogen) atoms. The standard InChI is InChI=1S/C18H18Cl2N2O2S/c1-10-8-15(22-17(23)12-2-3-12)25-16(10)18(24)21-7-6-11-4-5-13(19)9-14(11)20/h4-5,8-9,12H,2-3,6-7H2,1H3,(H,21,24)(H,22,23). The van der Waals surface area contributed by atoms with Crippen LogP contribution in [-0.4, -0.2) is 18.4 Å². The van der Waals surface area contributed by atoms with Gasteiger partial charge in [-0.2, -0.15) is 0 Å². The quantitative estimate of drug-likeness (QED) is 0.743. The third kappa shape index (κ3) is 4.75. The summed E-state index contributed by atoms with van der Waals surface area (Å²) in [5.74, 6) is 0.0499. The number of hydrogen-bond acceptors (Lipinski definition) is 3. The molecule has 1 aromatic carbocycles. The molecule has 0 bridgehead atoms. The van der Waals surface area contributed by atoms with Crippen molar-refractivity contribution in [2.45, 2.75) is 26.2 Å². The molecule has 0 atom stereocenters. The van der Waals surface area contributed by atoms with Gasteiger partial charge in [-0.05, 0) is 55.5 Å². The average Bonchev–Trinajstić information content (AvgIpc) is 3.33. The number of halogens is 2. The average molecular weight is 397 g/mol. The van der Waals surface area contributed by atoms with Crippen LogP contribution in [0.5, 0.6) is 0 Å². The Hall–Kier alpha value is -1.56. The summed E-state index contributed by atoms with van der Waals surface area (Å²) in [6.45, 7) is 2.34. The highest BCUT2D eigenvalue weighted by atomic mass is 35.5. The summed E-state index contributed by atoms with van der Waals surface area (Å²) in [6.07, 6.45) is 2.53. The van der Waals surface area contributed by atoms with Gasteiger partial charge in [0.15, 0.2) is 0 Å². The van der Waals surface area contributed by atoms with Gasteiger partial charge in [-0.1, -0.05) is 29.3 Å². The highest BCUT2D eigenvalue weighted by Crippen LogP contribution is 2.32. The van der Waals surface area contributed by atoms with Crippen LogP contribution in [0.1, 0.15) is 33.6 Å². The van der Waals surface area contributed by atoms with Crippen LogP contribution in [0.2, 0.25) is 10.0 Å². The molecule has 1 aromatic heterocycles. The number of anilines is 1. The molecule has 2 amide bonds. The fourth-order valence-corrected chi connectivity index (χ4v) is 3.95. The summed E-state index contributed by atoms with van der Waals surface area (Å²) in [5.41, 5.74) is 1.80. The van der Waals surface area contributed by atoms with E-state index in [4.69, 9.17) is 23.2 Å². The van der Waals surface area contributed by atoms with E-state index >= 15 is 0 Å². The maximum Gasteiger partial charge on any atom is 0.261 e. The molecule has 7 heteroatoms. The normalized spacial score (nSPS) is 13.6. The van der Waals surface area contributed by atoms with Crippen molar-refractivity contribution in [2.24, 2.45) is 5.92 Å². The monoisotopic (exact) mass is 396 g/mol. The number of carbonyl (C=O) groups excluding carboxylic acids is 2. The number of carbonyl (C=O) groups is 2. The van der Waals surface area contributed by atoms with E-state index in [0.29, 0.717) is 27.9 Å². The zero-order valence-electron chi connectivity index (χ0n) is 13.7. The number of hydrogen-bond donors (Lipinski definition) is 2. The van der Waals surface area contributed by atoms with E-state index in [2.05, 4.69) is 10.6 Å². The molecule has 1 aliphatic carbocycles. The number of aryl methyl sites for hydroxylation is 1. The van der Waals surface area contributed by atoms with Gasteiger partial charge >= 0.3 is 0 Å². The van der Waals surface area contributed by atoms with E-state index in [1.165, 1.54) is 11.3 Å². The minimum Gasteiger partial charge on any atom is -0.351 e. The Bertz CT molecular complexity index is 815. The van der Waals surface area contributed by atoms with Crippen molar-refractivity contribution in [3.8, 4) is 0 Å². The van der Waals surface area contributed by atoms with Gasteiger partial charge in [0.1, 0.15) is 0 Å². The van der Waals surface area contributed by atoms with E-state index in [-0.39, 0.29) is 17.7 Å². The molecule has 1 fully saturated rings. The Balaban J connectivity index is 1.55. The molecule has 0 unspecified atom stereocenters. The lowest BCUT2D eigenvalue weighted by molar-refractivity contribution is -0.117. The summed E-state index contributed by atoms with van der Waals surface area (Å²) in [5, 5.41) is 7.69. The minimum absolute atomic E-state index is 0.0468. The maximum atomic E-state index is 12.4. The van der Waals surface area contributed by atoms with E-state index in [1.54, 1.807) is 12.1 Å². The second-order valence-corrected chi connectivity index (χ2v) is 8.02. The highest BCUT2D eigenvalue weighted by Gasteiger charge is 2.30. The molecule has 0 spiro atoms. The van der Waals surface area contributed by atoms with Crippen LogP contribution in [-0.2, 0) is 11.2 Å². The van der Waals surface area contributed by atoms with Crippen molar-refractivity contribution < 1.29 is 9.59 Å². The lowest BCUT2D eigenvalue weighted by Gasteiger charge is -2.07. The van der Waals surface area contributed by atoms with Gasteiger partial charge in [0.2, 0.25) is 5.91 Å². The summed E-state index contributed by atoms with van der Waals surface area (Å²) in [7, 11) is 0. The topological polar surface area (TPSA) is 58.2 Å². The Kier molecular flexibility index (Phi) is 5.67.